The lowest BCUT2D eigenvalue weighted by molar-refractivity contribution is 0.337. The Morgan fingerprint density at radius 1 is 1.35 bits per heavy atom. The molecule has 0 aliphatic carbocycles. The summed E-state index contributed by atoms with van der Waals surface area (Å²) >= 11 is 0. The van der Waals surface area contributed by atoms with Crippen molar-refractivity contribution in [3.8, 4) is 5.75 Å². The van der Waals surface area contributed by atoms with Gasteiger partial charge in [0.25, 0.3) is 0 Å². The Morgan fingerprint density at radius 3 is 2.91 bits per heavy atom. The van der Waals surface area contributed by atoms with Gasteiger partial charge in [-0.25, -0.2) is 18.4 Å². The van der Waals surface area contributed by atoms with Crippen LogP contribution in [-0.4, -0.2) is 35.8 Å². The maximum atomic E-state index is 12.9. The third-order valence-corrected chi connectivity index (χ3v) is 5.75. The van der Waals surface area contributed by atoms with E-state index >= 15 is 0 Å². The predicted octanol–water partition coefficient (Wildman–Crippen LogP) is 1.93. The fraction of sp³-hybridized carbons (Fsp3) is 0.375. The van der Waals surface area contributed by atoms with E-state index in [0.717, 1.165) is 16.8 Å². The highest BCUT2D eigenvalue weighted by molar-refractivity contribution is 7.89. The Morgan fingerprint density at radius 2 is 2.17 bits per heavy atom. The number of benzene rings is 1. The standard InChI is InChI=1S/C16H19N3O3S/c1-3-22-16-5-4-14(8-12(16)2)23(20,21)19-7-6-15-13(10-19)9-17-11-18-15/h4-5,8-9,11H,3,6-7,10H2,1-2H3. The third kappa shape index (κ3) is 3.07. The second-order valence-corrected chi connectivity index (χ2v) is 7.38. The first-order chi connectivity index (χ1) is 11.0. The van der Waals surface area contributed by atoms with Gasteiger partial charge in [0.2, 0.25) is 10.0 Å². The molecule has 7 heteroatoms. The van der Waals surface area contributed by atoms with Gasteiger partial charge in [-0.1, -0.05) is 0 Å². The van der Waals surface area contributed by atoms with Gasteiger partial charge in [-0.15, -0.1) is 0 Å². The van der Waals surface area contributed by atoms with Crippen LogP contribution in [0.2, 0.25) is 0 Å². The average molecular weight is 333 g/mol. The zero-order chi connectivity index (χ0) is 16.4. The summed E-state index contributed by atoms with van der Waals surface area (Å²) < 4.78 is 32.7. The van der Waals surface area contributed by atoms with Crippen LogP contribution in [0, 0.1) is 6.92 Å². The molecule has 23 heavy (non-hydrogen) atoms. The molecule has 1 aliphatic rings. The molecule has 0 saturated carbocycles. The highest BCUT2D eigenvalue weighted by atomic mass is 32.2. The van der Waals surface area contributed by atoms with E-state index in [0.29, 0.717) is 36.8 Å². The Labute approximate surface area is 136 Å². The number of ether oxygens (including phenoxy) is 1. The SMILES string of the molecule is CCOc1ccc(S(=O)(=O)N2CCc3ncncc3C2)cc1C. The van der Waals surface area contributed by atoms with Crippen LogP contribution in [0.1, 0.15) is 23.7 Å². The zero-order valence-electron chi connectivity index (χ0n) is 13.2. The van der Waals surface area contributed by atoms with E-state index in [1.165, 1.54) is 10.6 Å². The molecule has 2 aromatic rings. The molecule has 2 heterocycles. The molecule has 1 aromatic carbocycles. The quantitative estimate of drug-likeness (QED) is 0.855. The highest BCUT2D eigenvalue weighted by Gasteiger charge is 2.29. The molecule has 0 saturated heterocycles. The van der Waals surface area contributed by atoms with Crippen molar-refractivity contribution in [2.75, 3.05) is 13.2 Å². The summed E-state index contributed by atoms with van der Waals surface area (Å²) in [5.41, 5.74) is 2.60. The maximum absolute atomic E-state index is 12.9. The molecule has 0 N–H and O–H groups in total. The molecule has 0 bridgehead atoms. The molecular formula is C16H19N3O3S. The van der Waals surface area contributed by atoms with Gasteiger partial charge >= 0.3 is 0 Å². The van der Waals surface area contributed by atoms with Crippen molar-refractivity contribution in [2.24, 2.45) is 0 Å². The average Bonchev–Trinajstić information content (AvgIpc) is 2.56. The summed E-state index contributed by atoms with van der Waals surface area (Å²) in [4.78, 5) is 8.48. The summed E-state index contributed by atoms with van der Waals surface area (Å²) in [7, 11) is -3.54. The molecule has 0 unspecified atom stereocenters. The van der Waals surface area contributed by atoms with Crippen molar-refractivity contribution >= 4 is 10.0 Å². The number of aryl methyl sites for hydroxylation is 1. The largest absolute Gasteiger partial charge is 0.494 e. The Kier molecular flexibility index (Phi) is 4.32. The van der Waals surface area contributed by atoms with E-state index in [1.54, 1.807) is 24.4 Å². The van der Waals surface area contributed by atoms with Gasteiger partial charge in [0.15, 0.2) is 0 Å². The van der Waals surface area contributed by atoms with E-state index in [4.69, 9.17) is 4.74 Å². The van der Waals surface area contributed by atoms with Gasteiger partial charge in [-0.2, -0.15) is 4.31 Å². The third-order valence-electron chi connectivity index (χ3n) is 3.91. The predicted molar refractivity (Wildman–Crippen MR) is 85.7 cm³/mol. The molecular weight excluding hydrogens is 314 g/mol. The lowest BCUT2D eigenvalue weighted by atomic mass is 10.1. The lowest BCUT2D eigenvalue weighted by Gasteiger charge is -2.27. The van der Waals surface area contributed by atoms with Gasteiger partial charge < -0.3 is 4.74 Å². The molecule has 0 radical (unpaired) electrons. The first-order valence-electron chi connectivity index (χ1n) is 7.53. The summed E-state index contributed by atoms with van der Waals surface area (Å²) in [6, 6.07) is 4.98. The van der Waals surface area contributed by atoms with Crippen molar-refractivity contribution in [1.82, 2.24) is 14.3 Å². The fourth-order valence-electron chi connectivity index (χ4n) is 2.69. The lowest BCUT2D eigenvalue weighted by Crippen LogP contribution is -2.36. The van der Waals surface area contributed by atoms with Crippen LogP contribution in [0.15, 0.2) is 35.6 Å². The molecule has 3 rings (SSSR count). The molecule has 0 atom stereocenters. The van der Waals surface area contributed by atoms with Crippen LogP contribution in [0.25, 0.3) is 0 Å². The van der Waals surface area contributed by atoms with E-state index in [1.807, 2.05) is 13.8 Å². The Balaban J connectivity index is 1.89. The topological polar surface area (TPSA) is 72.4 Å². The van der Waals surface area contributed by atoms with E-state index in [2.05, 4.69) is 9.97 Å². The molecule has 0 amide bonds. The monoisotopic (exact) mass is 333 g/mol. The number of hydrogen-bond donors (Lipinski definition) is 0. The number of sulfonamides is 1. The van der Waals surface area contributed by atoms with Crippen molar-refractivity contribution in [3.05, 3.63) is 47.5 Å². The Bertz CT molecular complexity index is 821. The first kappa shape index (κ1) is 15.9. The first-order valence-corrected chi connectivity index (χ1v) is 8.97. The minimum absolute atomic E-state index is 0.291. The molecule has 1 aromatic heterocycles. The number of aromatic nitrogens is 2. The van der Waals surface area contributed by atoms with Gasteiger partial charge in [0, 0.05) is 37.0 Å². The summed E-state index contributed by atoms with van der Waals surface area (Å²) in [5, 5.41) is 0. The number of rotatable bonds is 4. The molecule has 1 aliphatic heterocycles. The van der Waals surface area contributed by atoms with Crippen LogP contribution >= 0.6 is 0 Å². The van der Waals surface area contributed by atoms with E-state index in [-0.39, 0.29) is 0 Å². The molecule has 0 fully saturated rings. The molecule has 6 nitrogen and oxygen atoms in total. The summed E-state index contributed by atoms with van der Waals surface area (Å²) in [6.07, 6.45) is 3.79. The van der Waals surface area contributed by atoms with Crippen LogP contribution < -0.4 is 4.74 Å². The van der Waals surface area contributed by atoms with Gasteiger partial charge in [0.05, 0.1) is 11.5 Å². The van der Waals surface area contributed by atoms with Gasteiger partial charge in [-0.05, 0) is 37.6 Å². The summed E-state index contributed by atoms with van der Waals surface area (Å²) in [5.74, 6) is 0.712. The normalized spacial score (nSPS) is 15.2. The van der Waals surface area contributed by atoms with Gasteiger partial charge in [0.1, 0.15) is 12.1 Å². The summed E-state index contributed by atoms with van der Waals surface area (Å²) in [6.45, 7) is 5.04. The molecule has 0 spiro atoms. The minimum Gasteiger partial charge on any atom is -0.494 e. The van der Waals surface area contributed by atoms with Crippen molar-refractivity contribution < 1.29 is 13.2 Å². The number of fused-ring (bicyclic) bond motifs is 1. The maximum Gasteiger partial charge on any atom is 0.243 e. The smallest absolute Gasteiger partial charge is 0.243 e. The fourth-order valence-corrected chi connectivity index (χ4v) is 4.20. The zero-order valence-corrected chi connectivity index (χ0v) is 14.0. The van der Waals surface area contributed by atoms with Crippen LogP contribution in [-0.2, 0) is 23.0 Å². The number of hydrogen-bond acceptors (Lipinski definition) is 5. The highest BCUT2D eigenvalue weighted by Crippen LogP contribution is 2.27. The van der Waals surface area contributed by atoms with E-state index in [9.17, 15) is 8.42 Å². The van der Waals surface area contributed by atoms with Crippen LogP contribution in [0.3, 0.4) is 0 Å². The minimum atomic E-state index is -3.54. The second-order valence-electron chi connectivity index (χ2n) is 5.44. The van der Waals surface area contributed by atoms with Crippen molar-refractivity contribution in [2.45, 2.75) is 31.7 Å². The van der Waals surface area contributed by atoms with Crippen LogP contribution in [0.4, 0.5) is 0 Å². The molecule has 122 valence electrons. The van der Waals surface area contributed by atoms with Crippen LogP contribution in [0.5, 0.6) is 5.75 Å². The second kappa shape index (κ2) is 6.25. The van der Waals surface area contributed by atoms with E-state index < -0.39 is 10.0 Å². The van der Waals surface area contributed by atoms with Crippen molar-refractivity contribution in [1.29, 1.82) is 0 Å². The van der Waals surface area contributed by atoms with Gasteiger partial charge in [-0.3, -0.25) is 0 Å². The Hall–Kier alpha value is -1.99. The number of nitrogens with zero attached hydrogens (tertiary/aromatic N) is 3. The van der Waals surface area contributed by atoms with Crippen molar-refractivity contribution in [3.63, 3.8) is 0 Å².